The molecule has 0 atom stereocenters. The maximum absolute atomic E-state index is 13.0. The highest BCUT2D eigenvalue weighted by Gasteiger charge is 2.03. The SMILES string of the molecule is Cc1ccc(OCCCC(=O)Nc2cccc(F)c2)cc1. The minimum Gasteiger partial charge on any atom is -0.494 e. The first-order valence-electron chi connectivity index (χ1n) is 6.88. The molecule has 1 amide bonds. The second-order valence-electron chi connectivity index (χ2n) is 4.82. The van der Waals surface area contributed by atoms with Gasteiger partial charge in [0.1, 0.15) is 11.6 Å². The van der Waals surface area contributed by atoms with Crippen LogP contribution in [0.25, 0.3) is 0 Å². The Hall–Kier alpha value is -2.36. The van der Waals surface area contributed by atoms with Gasteiger partial charge < -0.3 is 10.1 Å². The molecule has 0 aliphatic rings. The van der Waals surface area contributed by atoms with E-state index in [1.807, 2.05) is 31.2 Å². The first-order valence-corrected chi connectivity index (χ1v) is 6.88. The molecule has 0 aliphatic heterocycles. The Morgan fingerprint density at radius 1 is 1.19 bits per heavy atom. The highest BCUT2D eigenvalue weighted by molar-refractivity contribution is 5.90. The van der Waals surface area contributed by atoms with Gasteiger partial charge in [-0.25, -0.2) is 4.39 Å². The topological polar surface area (TPSA) is 38.3 Å². The Morgan fingerprint density at radius 3 is 2.67 bits per heavy atom. The van der Waals surface area contributed by atoms with Crippen LogP contribution in [0.4, 0.5) is 10.1 Å². The van der Waals surface area contributed by atoms with Crippen LogP contribution in [0, 0.1) is 12.7 Å². The van der Waals surface area contributed by atoms with Gasteiger partial charge in [-0.1, -0.05) is 23.8 Å². The van der Waals surface area contributed by atoms with E-state index in [9.17, 15) is 9.18 Å². The minimum absolute atomic E-state index is 0.145. The van der Waals surface area contributed by atoms with Crippen molar-refractivity contribution in [2.75, 3.05) is 11.9 Å². The molecule has 3 nitrogen and oxygen atoms in total. The van der Waals surface area contributed by atoms with Gasteiger partial charge in [-0.2, -0.15) is 0 Å². The third-order valence-electron chi connectivity index (χ3n) is 2.95. The number of hydrogen-bond donors (Lipinski definition) is 1. The van der Waals surface area contributed by atoms with Crippen molar-refractivity contribution >= 4 is 11.6 Å². The first kappa shape index (κ1) is 15.0. The lowest BCUT2D eigenvalue weighted by Crippen LogP contribution is -2.12. The van der Waals surface area contributed by atoms with E-state index in [0.717, 1.165) is 5.75 Å². The molecule has 2 rings (SSSR count). The molecular formula is C17H18FNO2. The second kappa shape index (κ2) is 7.43. The molecular weight excluding hydrogens is 269 g/mol. The number of anilines is 1. The summed E-state index contributed by atoms with van der Waals surface area (Å²) in [5.74, 6) is 0.287. The zero-order valence-corrected chi connectivity index (χ0v) is 11.9. The van der Waals surface area contributed by atoms with Gasteiger partial charge in [0.25, 0.3) is 0 Å². The van der Waals surface area contributed by atoms with E-state index in [-0.39, 0.29) is 11.7 Å². The highest BCUT2D eigenvalue weighted by atomic mass is 19.1. The van der Waals surface area contributed by atoms with Gasteiger partial charge in [-0.3, -0.25) is 4.79 Å². The van der Waals surface area contributed by atoms with Gasteiger partial charge in [-0.05, 0) is 43.7 Å². The summed E-state index contributed by atoms with van der Waals surface area (Å²) in [6, 6.07) is 13.6. The average molecular weight is 287 g/mol. The van der Waals surface area contributed by atoms with Crippen molar-refractivity contribution in [1.82, 2.24) is 0 Å². The molecule has 0 spiro atoms. The molecule has 0 aliphatic carbocycles. The lowest BCUT2D eigenvalue weighted by Gasteiger charge is -2.07. The summed E-state index contributed by atoms with van der Waals surface area (Å²) in [4.78, 5) is 11.7. The van der Waals surface area contributed by atoms with Gasteiger partial charge >= 0.3 is 0 Å². The fraction of sp³-hybridized carbons (Fsp3) is 0.235. The number of aryl methyl sites for hydroxylation is 1. The van der Waals surface area contributed by atoms with Crippen LogP contribution in [0.3, 0.4) is 0 Å². The van der Waals surface area contributed by atoms with Gasteiger partial charge in [0.05, 0.1) is 6.61 Å². The summed E-state index contributed by atoms with van der Waals surface area (Å²) in [5.41, 5.74) is 1.65. The van der Waals surface area contributed by atoms with Crippen molar-refractivity contribution in [3.8, 4) is 5.75 Å². The zero-order valence-electron chi connectivity index (χ0n) is 11.9. The number of carbonyl (C=O) groups is 1. The number of nitrogens with one attached hydrogen (secondary N) is 1. The molecule has 2 aromatic carbocycles. The maximum Gasteiger partial charge on any atom is 0.224 e. The van der Waals surface area contributed by atoms with E-state index in [2.05, 4.69) is 5.32 Å². The molecule has 0 aromatic heterocycles. The Balaban J connectivity index is 1.68. The molecule has 1 N–H and O–H groups in total. The zero-order chi connectivity index (χ0) is 15.1. The van der Waals surface area contributed by atoms with Crippen molar-refractivity contribution in [3.63, 3.8) is 0 Å². The molecule has 0 saturated carbocycles. The fourth-order valence-electron chi connectivity index (χ4n) is 1.85. The molecule has 110 valence electrons. The second-order valence-corrected chi connectivity index (χ2v) is 4.82. The summed E-state index contributed by atoms with van der Waals surface area (Å²) in [7, 11) is 0. The molecule has 0 heterocycles. The van der Waals surface area contributed by atoms with Crippen LogP contribution in [-0.2, 0) is 4.79 Å². The van der Waals surface area contributed by atoms with E-state index in [1.165, 1.54) is 17.7 Å². The van der Waals surface area contributed by atoms with Crippen molar-refractivity contribution in [2.24, 2.45) is 0 Å². The number of hydrogen-bond acceptors (Lipinski definition) is 2. The van der Waals surface area contributed by atoms with Gasteiger partial charge in [0.15, 0.2) is 0 Å². The smallest absolute Gasteiger partial charge is 0.224 e. The average Bonchev–Trinajstić information content (AvgIpc) is 2.45. The van der Waals surface area contributed by atoms with Crippen LogP contribution in [0.15, 0.2) is 48.5 Å². The number of benzene rings is 2. The molecule has 0 fully saturated rings. The van der Waals surface area contributed by atoms with E-state index in [1.54, 1.807) is 12.1 Å². The fourth-order valence-corrected chi connectivity index (χ4v) is 1.85. The number of ether oxygens (including phenoxy) is 1. The summed E-state index contributed by atoms with van der Waals surface area (Å²) in [6.07, 6.45) is 0.942. The molecule has 0 saturated heterocycles. The lowest BCUT2D eigenvalue weighted by molar-refractivity contribution is -0.116. The molecule has 0 radical (unpaired) electrons. The van der Waals surface area contributed by atoms with Crippen LogP contribution in [0.5, 0.6) is 5.75 Å². The number of halogens is 1. The number of rotatable bonds is 6. The van der Waals surface area contributed by atoms with Crippen molar-refractivity contribution < 1.29 is 13.9 Å². The molecule has 21 heavy (non-hydrogen) atoms. The Bertz CT molecular complexity index is 596. The highest BCUT2D eigenvalue weighted by Crippen LogP contribution is 2.12. The Labute approximate surface area is 123 Å². The van der Waals surface area contributed by atoms with Crippen LogP contribution < -0.4 is 10.1 Å². The monoisotopic (exact) mass is 287 g/mol. The van der Waals surface area contributed by atoms with Crippen LogP contribution in [-0.4, -0.2) is 12.5 Å². The normalized spacial score (nSPS) is 10.2. The summed E-state index contributed by atoms with van der Waals surface area (Å²) >= 11 is 0. The lowest BCUT2D eigenvalue weighted by atomic mass is 10.2. The Morgan fingerprint density at radius 2 is 1.95 bits per heavy atom. The van der Waals surface area contributed by atoms with E-state index in [0.29, 0.717) is 25.1 Å². The third kappa shape index (κ3) is 5.26. The minimum atomic E-state index is -0.365. The van der Waals surface area contributed by atoms with Crippen LogP contribution in [0.2, 0.25) is 0 Å². The molecule has 0 bridgehead atoms. The molecule has 0 unspecified atom stereocenters. The first-order chi connectivity index (χ1) is 10.1. The van der Waals surface area contributed by atoms with Crippen molar-refractivity contribution in [2.45, 2.75) is 19.8 Å². The predicted octanol–water partition coefficient (Wildman–Crippen LogP) is 3.93. The van der Waals surface area contributed by atoms with Crippen molar-refractivity contribution in [3.05, 3.63) is 59.9 Å². The van der Waals surface area contributed by atoms with Gasteiger partial charge in [0, 0.05) is 12.1 Å². The quantitative estimate of drug-likeness (QED) is 0.817. The van der Waals surface area contributed by atoms with Gasteiger partial charge in [0.2, 0.25) is 5.91 Å². The third-order valence-corrected chi connectivity index (χ3v) is 2.95. The standard InChI is InChI=1S/C17H18FNO2/c1-13-7-9-16(10-8-13)21-11-3-6-17(20)19-15-5-2-4-14(18)12-15/h2,4-5,7-10,12H,3,6,11H2,1H3,(H,19,20). The summed E-state index contributed by atoms with van der Waals surface area (Å²) in [5, 5.41) is 2.65. The molecule has 4 heteroatoms. The van der Waals surface area contributed by atoms with Crippen molar-refractivity contribution in [1.29, 1.82) is 0 Å². The van der Waals surface area contributed by atoms with Gasteiger partial charge in [-0.15, -0.1) is 0 Å². The van der Waals surface area contributed by atoms with Crippen LogP contribution in [0.1, 0.15) is 18.4 Å². The summed E-state index contributed by atoms with van der Waals surface area (Å²) < 4.78 is 18.5. The van der Waals surface area contributed by atoms with E-state index in [4.69, 9.17) is 4.74 Å². The predicted molar refractivity (Wildman–Crippen MR) is 80.9 cm³/mol. The maximum atomic E-state index is 13.0. The molecule has 2 aromatic rings. The Kier molecular flexibility index (Phi) is 5.32. The van der Waals surface area contributed by atoms with Crippen LogP contribution >= 0.6 is 0 Å². The van der Waals surface area contributed by atoms with E-state index >= 15 is 0 Å². The summed E-state index contributed by atoms with van der Waals surface area (Å²) in [6.45, 7) is 2.49. The van der Waals surface area contributed by atoms with E-state index < -0.39 is 0 Å². The largest absolute Gasteiger partial charge is 0.494 e. The number of amides is 1. The number of carbonyl (C=O) groups excluding carboxylic acids is 1.